The summed E-state index contributed by atoms with van der Waals surface area (Å²) >= 11 is 0. The molecule has 0 radical (unpaired) electrons. The van der Waals surface area contributed by atoms with E-state index in [1.165, 1.54) is 7.11 Å². The van der Waals surface area contributed by atoms with Crippen molar-refractivity contribution >= 4 is 12.1 Å². The number of carbonyl (C=O) groups is 2. The smallest absolute Gasteiger partial charge is 0.408 e. The first-order valence-corrected chi connectivity index (χ1v) is 6.59. The van der Waals surface area contributed by atoms with Gasteiger partial charge >= 0.3 is 12.1 Å². The fraction of sp³-hybridized carbons (Fsp3) is 0.375. The number of methoxy groups -OCH3 is 1. The van der Waals surface area contributed by atoms with Crippen LogP contribution in [0.2, 0.25) is 0 Å². The molecule has 0 bridgehead atoms. The lowest BCUT2D eigenvalue weighted by Crippen LogP contribution is -2.50. The molecule has 1 N–H and O–H groups in total. The lowest BCUT2D eigenvalue weighted by atomic mass is 9.84. The molecule has 0 spiro atoms. The van der Waals surface area contributed by atoms with E-state index in [9.17, 15) is 9.59 Å². The zero-order valence-electron chi connectivity index (χ0n) is 12.6. The molecule has 0 heterocycles. The minimum Gasteiger partial charge on any atom is -0.467 e. The summed E-state index contributed by atoms with van der Waals surface area (Å²) in [5.74, 6) is -0.545. The molecule has 1 aromatic carbocycles. The van der Waals surface area contributed by atoms with E-state index in [-0.39, 0.29) is 6.61 Å². The molecule has 0 aliphatic carbocycles. The zero-order valence-corrected chi connectivity index (χ0v) is 12.6. The van der Waals surface area contributed by atoms with Gasteiger partial charge in [-0.1, -0.05) is 50.3 Å². The van der Waals surface area contributed by atoms with Crippen LogP contribution in [0.15, 0.2) is 43.0 Å². The number of benzene rings is 1. The van der Waals surface area contributed by atoms with E-state index < -0.39 is 23.5 Å². The highest BCUT2D eigenvalue weighted by molar-refractivity contribution is 5.82. The van der Waals surface area contributed by atoms with Gasteiger partial charge in [-0.25, -0.2) is 9.59 Å². The molecule has 1 amide bonds. The summed E-state index contributed by atoms with van der Waals surface area (Å²) in [6.45, 7) is 7.36. The standard InChI is InChI=1S/C16H21NO4/c1-5-16(2,3)13(14(18)20-4)17-15(19)21-11-12-9-7-6-8-10-12/h5-10,13H,1,11H2,2-4H3,(H,17,19). The van der Waals surface area contributed by atoms with Gasteiger partial charge in [0, 0.05) is 5.41 Å². The van der Waals surface area contributed by atoms with Crippen LogP contribution in [0, 0.1) is 5.41 Å². The molecule has 0 saturated heterocycles. The summed E-state index contributed by atoms with van der Waals surface area (Å²) in [5.41, 5.74) is 0.212. The zero-order chi connectivity index (χ0) is 15.9. The normalized spacial score (nSPS) is 12.1. The molecule has 0 aromatic heterocycles. The number of rotatable bonds is 6. The SMILES string of the molecule is C=CC(C)(C)C(NC(=O)OCc1ccccc1)C(=O)OC. The van der Waals surface area contributed by atoms with Crippen molar-refractivity contribution in [3.8, 4) is 0 Å². The second kappa shape index (κ2) is 7.47. The van der Waals surface area contributed by atoms with E-state index >= 15 is 0 Å². The predicted octanol–water partition coefficient (Wildman–Crippen LogP) is 2.67. The molecule has 5 heteroatoms. The van der Waals surface area contributed by atoms with E-state index in [0.717, 1.165) is 5.56 Å². The van der Waals surface area contributed by atoms with Gasteiger partial charge in [-0.05, 0) is 5.56 Å². The Kier molecular flexibility index (Phi) is 5.96. The van der Waals surface area contributed by atoms with Crippen molar-refractivity contribution in [3.05, 3.63) is 48.6 Å². The highest BCUT2D eigenvalue weighted by atomic mass is 16.6. The van der Waals surface area contributed by atoms with Crippen LogP contribution in [-0.2, 0) is 20.9 Å². The monoisotopic (exact) mass is 291 g/mol. The van der Waals surface area contributed by atoms with Gasteiger partial charge in [0.1, 0.15) is 12.6 Å². The summed E-state index contributed by atoms with van der Waals surface area (Å²) in [7, 11) is 1.27. The number of hydrogen-bond acceptors (Lipinski definition) is 4. The van der Waals surface area contributed by atoms with Gasteiger partial charge in [-0.3, -0.25) is 0 Å². The average Bonchev–Trinajstić information content (AvgIpc) is 2.50. The van der Waals surface area contributed by atoms with E-state index in [4.69, 9.17) is 9.47 Å². The second-order valence-corrected chi connectivity index (χ2v) is 5.19. The lowest BCUT2D eigenvalue weighted by Gasteiger charge is -2.29. The minimum absolute atomic E-state index is 0.134. The highest BCUT2D eigenvalue weighted by Gasteiger charge is 2.35. The van der Waals surface area contributed by atoms with Crippen LogP contribution in [-0.4, -0.2) is 25.2 Å². The van der Waals surface area contributed by atoms with E-state index in [0.29, 0.717) is 0 Å². The van der Waals surface area contributed by atoms with Crippen molar-refractivity contribution in [1.82, 2.24) is 5.32 Å². The van der Waals surface area contributed by atoms with Crippen LogP contribution >= 0.6 is 0 Å². The summed E-state index contributed by atoms with van der Waals surface area (Å²) in [5, 5.41) is 2.52. The summed E-state index contributed by atoms with van der Waals surface area (Å²) < 4.78 is 9.81. The van der Waals surface area contributed by atoms with Gasteiger partial charge in [0.05, 0.1) is 7.11 Å². The van der Waals surface area contributed by atoms with Crippen molar-refractivity contribution in [1.29, 1.82) is 0 Å². The molecule has 5 nitrogen and oxygen atoms in total. The van der Waals surface area contributed by atoms with Gasteiger partial charge in [0.25, 0.3) is 0 Å². The third-order valence-corrected chi connectivity index (χ3v) is 3.18. The van der Waals surface area contributed by atoms with Crippen molar-refractivity contribution in [2.24, 2.45) is 5.41 Å². The van der Waals surface area contributed by atoms with E-state index in [1.807, 2.05) is 30.3 Å². The number of amides is 1. The molecular weight excluding hydrogens is 270 g/mol. The van der Waals surface area contributed by atoms with Crippen LogP contribution in [0.3, 0.4) is 0 Å². The molecular formula is C16H21NO4. The molecule has 0 aliphatic heterocycles. The Bertz CT molecular complexity index is 496. The van der Waals surface area contributed by atoms with Gasteiger partial charge in [0.15, 0.2) is 0 Å². The first-order valence-electron chi connectivity index (χ1n) is 6.59. The Hall–Kier alpha value is -2.30. The summed E-state index contributed by atoms with van der Waals surface area (Å²) in [4.78, 5) is 23.6. The van der Waals surface area contributed by atoms with Gasteiger partial charge in [-0.15, -0.1) is 6.58 Å². The molecule has 21 heavy (non-hydrogen) atoms. The Balaban J connectivity index is 2.64. The molecule has 0 saturated carbocycles. The van der Waals surface area contributed by atoms with E-state index in [2.05, 4.69) is 11.9 Å². The third-order valence-electron chi connectivity index (χ3n) is 3.18. The summed E-state index contributed by atoms with van der Waals surface area (Å²) in [6, 6.07) is 8.42. The van der Waals surface area contributed by atoms with Crippen LogP contribution in [0.4, 0.5) is 4.79 Å². The van der Waals surface area contributed by atoms with Crippen molar-refractivity contribution < 1.29 is 19.1 Å². The maximum absolute atomic E-state index is 11.8. The molecule has 0 aliphatic rings. The van der Waals surface area contributed by atoms with Crippen LogP contribution in [0.5, 0.6) is 0 Å². The maximum atomic E-state index is 11.8. The lowest BCUT2D eigenvalue weighted by molar-refractivity contribution is -0.145. The number of ether oxygens (including phenoxy) is 2. The number of hydrogen-bond donors (Lipinski definition) is 1. The number of esters is 1. The van der Waals surface area contributed by atoms with Gasteiger partial charge in [0.2, 0.25) is 0 Å². The Morgan fingerprint density at radius 3 is 2.48 bits per heavy atom. The van der Waals surface area contributed by atoms with Crippen molar-refractivity contribution in [2.75, 3.05) is 7.11 Å². The predicted molar refractivity (Wildman–Crippen MR) is 79.5 cm³/mol. The van der Waals surface area contributed by atoms with Gasteiger partial charge < -0.3 is 14.8 Å². The Labute approximate surface area is 124 Å². The summed E-state index contributed by atoms with van der Waals surface area (Å²) in [6.07, 6.45) is 0.913. The first-order chi connectivity index (χ1) is 9.90. The van der Waals surface area contributed by atoms with Crippen molar-refractivity contribution in [2.45, 2.75) is 26.5 Å². The number of nitrogens with one attached hydrogen (secondary N) is 1. The van der Waals surface area contributed by atoms with E-state index in [1.54, 1.807) is 19.9 Å². The first kappa shape index (κ1) is 16.8. The quantitative estimate of drug-likeness (QED) is 0.646. The fourth-order valence-electron chi connectivity index (χ4n) is 1.67. The molecule has 1 aromatic rings. The van der Waals surface area contributed by atoms with Crippen LogP contribution < -0.4 is 5.32 Å². The topological polar surface area (TPSA) is 64.6 Å². The minimum atomic E-state index is -0.858. The fourth-order valence-corrected chi connectivity index (χ4v) is 1.67. The largest absolute Gasteiger partial charge is 0.467 e. The molecule has 1 rings (SSSR count). The maximum Gasteiger partial charge on any atom is 0.408 e. The van der Waals surface area contributed by atoms with Crippen molar-refractivity contribution in [3.63, 3.8) is 0 Å². The molecule has 1 unspecified atom stereocenters. The Morgan fingerprint density at radius 2 is 1.95 bits per heavy atom. The third kappa shape index (κ3) is 4.95. The van der Waals surface area contributed by atoms with Gasteiger partial charge in [-0.2, -0.15) is 0 Å². The van der Waals surface area contributed by atoms with Crippen LogP contribution in [0.25, 0.3) is 0 Å². The van der Waals surface area contributed by atoms with Crippen LogP contribution in [0.1, 0.15) is 19.4 Å². The average molecular weight is 291 g/mol. The molecule has 114 valence electrons. The second-order valence-electron chi connectivity index (χ2n) is 5.19. The Morgan fingerprint density at radius 1 is 1.33 bits per heavy atom. The number of alkyl carbamates (subject to hydrolysis) is 1. The molecule has 0 fully saturated rings. The highest BCUT2D eigenvalue weighted by Crippen LogP contribution is 2.23. The number of carbonyl (C=O) groups excluding carboxylic acids is 2. The molecule has 1 atom stereocenters.